The van der Waals surface area contributed by atoms with Gasteiger partial charge in [-0.25, -0.2) is 0 Å². The van der Waals surface area contributed by atoms with Gasteiger partial charge in [-0.15, -0.1) is 0 Å². The van der Waals surface area contributed by atoms with E-state index in [4.69, 9.17) is 9.47 Å². The van der Waals surface area contributed by atoms with Gasteiger partial charge in [0.2, 0.25) is 0 Å². The fraction of sp³-hybridized carbons (Fsp3) is 0.786. The smallest absolute Gasteiger partial charge is 0.168 e. The number of hydrogen-bond donors (Lipinski definition) is 1. The summed E-state index contributed by atoms with van der Waals surface area (Å²) in [5, 5.41) is 9.85. The summed E-state index contributed by atoms with van der Waals surface area (Å²) in [6.45, 7) is 1.94. The van der Waals surface area contributed by atoms with Crippen LogP contribution in [0.2, 0.25) is 0 Å². The first-order chi connectivity index (χ1) is 8.52. The van der Waals surface area contributed by atoms with Crippen molar-refractivity contribution in [3.63, 3.8) is 0 Å². The van der Waals surface area contributed by atoms with E-state index in [1.54, 1.807) is 14.2 Å². The maximum atomic E-state index is 11.8. The van der Waals surface area contributed by atoms with E-state index in [-0.39, 0.29) is 17.8 Å². The van der Waals surface area contributed by atoms with E-state index in [1.807, 2.05) is 6.92 Å². The summed E-state index contributed by atoms with van der Waals surface area (Å²) in [6, 6.07) is 0. The zero-order chi connectivity index (χ0) is 13.4. The van der Waals surface area contributed by atoms with E-state index < -0.39 is 5.79 Å². The van der Waals surface area contributed by atoms with Crippen LogP contribution in [0.3, 0.4) is 0 Å². The summed E-state index contributed by atoms with van der Waals surface area (Å²) < 4.78 is 11.1. The Kier molecular flexibility index (Phi) is 3.63. The molecule has 2 rings (SSSR count). The second-order valence-electron chi connectivity index (χ2n) is 5.46. The quantitative estimate of drug-likeness (QED) is 0.780. The van der Waals surface area contributed by atoms with E-state index in [0.717, 1.165) is 24.0 Å². The lowest BCUT2D eigenvalue weighted by molar-refractivity contribution is -0.239. The van der Waals surface area contributed by atoms with Crippen molar-refractivity contribution >= 4 is 5.78 Å². The van der Waals surface area contributed by atoms with Crippen LogP contribution in [0.25, 0.3) is 0 Å². The fourth-order valence-corrected chi connectivity index (χ4v) is 3.49. The van der Waals surface area contributed by atoms with Crippen molar-refractivity contribution in [3.8, 4) is 0 Å². The fourth-order valence-electron chi connectivity index (χ4n) is 3.49. The second kappa shape index (κ2) is 4.76. The Balaban J connectivity index is 2.40. The molecule has 1 atom stereocenters. The molecule has 0 unspecified atom stereocenters. The number of methoxy groups -OCH3 is 2. The summed E-state index contributed by atoms with van der Waals surface area (Å²) in [4.78, 5) is 11.8. The maximum Gasteiger partial charge on any atom is 0.168 e. The van der Waals surface area contributed by atoms with E-state index >= 15 is 0 Å². The molecule has 0 amide bonds. The highest BCUT2D eigenvalue weighted by atomic mass is 16.7. The molecule has 0 aliphatic heterocycles. The lowest BCUT2D eigenvalue weighted by Gasteiger charge is -2.49. The Morgan fingerprint density at radius 2 is 1.89 bits per heavy atom. The van der Waals surface area contributed by atoms with Crippen LogP contribution >= 0.6 is 0 Å². The van der Waals surface area contributed by atoms with E-state index in [2.05, 4.69) is 0 Å². The molecule has 2 aliphatic rings. The molecular formula is C14H22O4. The van der Waals surface area contributed by atoms with Crippen molar-refractivity contribution in [2.75, 3.05) is 20.8 Å². The summed E-state index contributed by atoms with van der Waals surface area (Å²) in [5.74, 6) is -0.399. The lowest BCUT2D eigenvalue weighted by atomic mass is 9.61. The number of aliphatic hydroxyl groups excluding tert-OH is 1. The molecule has 0 aromatic rings. The average Bonchev–Trinajstić information content (AvgIpc) is 2.42. The highest BCUT2D eigenvalue weighted by molar-refractivity contribution is 5.96. The lowest BCUT2D eigenvalue weighted by Crippen LogP contribution is -2.49. The number of rotatable bonds is 3. The number of hydrogen-bond acceptors (Lipinski definition) is 4. The maximum absolute atomic E-state index is 11.8. The van der Waals surface area contributed by atoms with E-state index in [0.29, 0.717) is 19.3 Å². The molecule has 0 heterocycles. The Labute approximate surface area is 108 Å². The van der Waals surface area contributed by atoms with Gasteiger partial charge in [0.15, 0.2) is 11.6 Å². The number of fused-ring (bicyclic) bond motifs is 1. The van der Waals surface area contributed by atoms with Crippen LogP contribution in [-0.4, -0.2) is 37.5 Å². The number of aliphatic hydroxyl groups is 1. The van der Waals surface area contributed by atoms with E-state index in [1.165, 1.54) is 0 Å². The van der Waals surface area contributed by atoms with Gasteiger partial charge in [0.05, 0.1) is 6.61 Å². The summed E-state index contributed by atoms with van der Waals surface area (Å²) in [6.07, 6.45) is 3.34. The Bertz CT molecular complexity index is 381. The van der Waals surface area contributed by atoms with Crippen LogP contribution in [-0.2, 0) is 14.3 Å². The van der Waals surface area contributed by atoms with Crippen LogP contribution in [0.4, 0.5) is 0 Å². The predicted octanol–water partition coefficient (Wildman–Crippen LogP) is 1.82. The van der Waals surface area contributed by atoms with Gasteiger partial charge in [-0.3, -0.25) is 4.79 Å². The monoisotopic (exact) mass is 254 g/mol. The van der Waals surface area contributed by atoms with Crippen molar-refractivity contribution in [1.29, 1.82) is 0 Å². The predicted molar refractivity (Wildman–Crippen MR) is 67.1 cm³/mol. The molecule has 0 saturated heterocycles. The topological polar surface area (TPSA) is 55.8 Å². The van der Waals surface area contributed by atoms with Crippen LogP contribution in [0.1, 0.15) is 39.0 Å². The molecule has 0 aromatic carbocycles. The van der Waals surface area contributed by atoms with Crippen molar-refractivity contribution in [2.45, 2.75) is 44.8 Å². The molecule has 0 radical (unpaired) electrons. The van der Waals surface area contributed by atoms with Gasteiger partial charge >= 0.3 is 0 Å². The molecule has 0 aromatic heterocycles. The molecule has 1 N–H and O–H groups in total. The number of carbonyl (C=O) groups is 1. The van der Waals surface area contributed by atoms with Crippen LogP contribution in [0, 0.1) is 5.41 Å². The third kappa shape index (κ3) is 1.92. The van der Waals surface area contributed by atoms with Crippen molar-refractivity contribution in [3.05, 3.63) is 11.1 Å². The molecule has 4 nitrogen and oxygen atoms in total. The van der Waals surface area contributed by atoms with Gasteiger partial charge in [-0.05, 0) is 25.3 Å². The van der Waals surface area contributed by atoms with Gasteiger partial charge in [-0.2, -0.15) is 0 Å². The van der Waals surface area contributed by atoms with Gasteiger partial charge in [0.1, 0.15) is 0 Å². The number of Topliss-reactive ketones (excluding diaryl/α,β-unsaturated/α-hetero) is 1. The molecule has 0 bridgehead atoms. The minimum atomic E-state index is -0.618. The minimum Gasteiger partial charge on any atom is -0.395 e. The summed E-state index contributed by atoms with van der Waals surface area (Å²) in [7, 11) is 3.29. The first kappa shape index (κ1) is 13.7. The number of allylic oxidation sites excluding steroid dienone is 1. The molecule has 1 fully saturated rings. The van der Waals surface area contributed by atoms with Crippen molar-refractivity contribution in [2.24, 2.45) is 5.41 Å². The number of ketones is 1. The minimum absolute atomic E-state index is 0.0570. The zero-order valence-corrected chi connectivity index (χ0v) is 11.4. The molecule has 18 heavy (non-hydrogen) atoms. The normalized spacial score (nSPS) is 31.4. The largest absolute Gasteiger partial charge is 0.395 e. The highest BCUT2D eigenvalue weighted by Gasteiger charge is 2.50. The third-order valence-corrected chi connectivity index (χ3v) is 4.75. The molecular weight excluding hydrogens is 232 g/mol. The van der Waals surface area contributed by atoms with Gasteiger partial charge in [-0.1, -0.05) is 5.57 Å². The van der Waals surface area contributed by atoms with Crippen LogP contribution in [0.15, 0.2) is 11.1 Å². The summed E-state index contributed by atoms with van der Waals surface area (Å²) >= 11 is 0. The summed E-state index contributed by atoms with van der Waals surface area (Å²) in [5.41, 5.74) is 1.63. The Hall–Kier alpha value is -0.710. The third-order valence-electron chi connectivity index (χ3n) is 4.75. The standard InChI is InChI=1S/C14H22O4/c1-10-11-4-7-14(17-2,18-3)8-13(11,9-15)6-5-12(10)16/h15H,4-9H2,1-3H3/t13-/m0/s1. The van der Waals surface area contributed by atoms with Crippen molar-refractivity contribution in [1.82, 2.24) is 0 Å². The highest BCUT2D eigenvalue weighted by Crippen LogP contribution is 2.52. The van der Waals surface area contributed by atoms with E-state index in [9.17, 15) is 9.90 Å². The van der Waals surface area contributed by atoms with Crippen LogP contribution in [0.5, 0.6) is 0 Å². The van der Waals surface area contributed by atoms with Gasteiger partial charge < -0.3 is 14.6 Å². The Morgan fingerprint density at radius 1 is 1.22 bits per heavy atom. The van der Waals surface area contributed by atoms with Gasteiger partial charge in [0.25, 0.3) is 0 Å². The Morgan fingerprint density at radius 3 is 2.44 bits per heavy atom. The molecule has 0 spiro atoms. The first-order valence-electron chi connectivity index (χ1n) is 6.47. The molecule has 1 saturated carbocycles. The molecule has 102 valence electrons. The van der Waals surface area contributed by atoms with Crippen molar-refractivity contribution < 1.29 is 19.4 Å². The SMILES string of the molecule is COC1(OC)CCC2=C(C)C(=O)CC[C@@]2(CO)C1. The zero-order valence-electron chi connectivity index (χ0n) is 11.4. The second-order valence-corrected chi connectivity index (χ2v) is 5.46. The molecule has 2 aliphatic carbocycles. The first-order valence-corrected chi connectivity index (χ1v) is 6.47. The van der Waals surface area contributed by atoms with Crippen LogP contribution < -0.4 is 0 Å². The number of ether oxygens (including phenoxy) is 2. The average molecular weight is 254 g/mol. The number of carbonyl (C=O) groups excluding carboxylic acids is 1. The van der Waals surface area contributed by atoms with Gasteiger partial charge in [0, 0.05) is 38.9 Å². The molecule has 4 heteroatoms.